The molecule has 0 aliphatic heterocycles. The first kappa shape index (κ1) is 13.8. The van der Waals surface area contributed by atoms with E-state index in [4.69, 9.17) is 29.6 Å². The molecule has 5 heteroatoms. The van der Waals surface area contributed by atoms with Gasteiger partial charge in [-0.2, -0.15) is 0 Å². The quantitative estimate of drug-likeness (QED) is 0.835. The molecule has 2 rings (SSSR count). The molecule has 0 aromatic heterocycles. The van der Waals surface area contributed by atoms with E-state index >= 15 is 0 Å². The number of hydrogen-bond acceptors (Lipinski definition) is 2. The highest BCUT2D eigenvalue weighted by Crippen LogP contribution is 2.27. The molecule has 2 nitrogen and oxygen atoms in total. The molecule has 3 N–H and O–H groups in total. The number of aryl methyl sites for hydroxylation is 1. The van der Waals surface area contributed by atoms with E-state index in [1.54, 1.807) is 37.3 Å². The number of anilines is 2. The lowest BCUT2D eigenvalue weighted by atomic mass is 10.2. The van der Waals surface area contributed by atoms with Crippen molar-refractivity contribution in [3.05, 3.63) is 58.4 Å². The fourth-order valence-electron chi connectivity index (χ4n) is 1.65. The molecule has 0 unspecified atom stereocenters. The van der Waals surface area contributed by atoms with E-state index in [2.05, 4.69) is 5.32 Å². The zero-order chi connectivity index (χ0) is 14.0. The summed E-state index contributed by atoms with van der Waals surface area (Å²) in [4.78, 5) is 0.297. The molecule has 19 heavy (non-hydrogen) atoms. The summed E-state index contributed by atoms with van der Waals surface area (Å²) in [5.74, 6) is -0.236. The Morgan fingerprint density at radius 2 is 2.00 bits per heavy atom. The van der Waals surface area contributed by atoms with Crippen LogP contribution in [-0.2, 0) is 0 Å². The topological polar surface area (TPSA) is 38.0 Å². The van der Waals surface area contributed by atoms with Crippen LogP contribution >= 0.6 is 23.8 Å². The molecule has 0 saturated carbocycles. The van der Waals surface area contributed by atoms with Crippen LogP contribution in [0.5, 0.6) is 0 Å². The van der Waals surface area contributed by atoms with Gasteiger partial charge in [0.15, 0.2) is 0 Å². The van der Waals surface area contributed by atoms with Gasteiger partial charge in [-0.15, -0.1) is 0 Å². The van der Waals surface area contributed by atoms with E-state index in [1.807, 2.05) is 0 Å². The van der Waals surface area contributed by atoms with Gasteiger partial charge in [0.25, 0.3) is 0 Å². The SMILES string of the molecule is Cc1cc(Nc2ccc(C(N)=S)cc2Cl)ccc1F. The molecular formula is C14H12ClFN2S. The summed E-state index contributed by atoms with van der Waals surface area (Å²) in [6.07, 6.45) is 0. The standard InChI is InChI=1S/C14H12ClFN2S/c1-8-6-10(3-4-12(8)16)18-13-5-2-9(14(17)19)7-11(13)15/h2-7,18H,1H3,(H2,17,19). The number of hydrogen-bond donors (Lipinski definition) is 2. The smallest absolute Gasteiger partial charge is 0.126 e. The minimum atomic E-state index is -0.236. The van der Waals surface area contributed by atoms with Gasteiger partial charge in [0.1, 0.15) is 10.8 Å². The normalized spacial score (nSPS) is 10.3. The summed E-state index contributed by atoms with van der Waals surface area (Å²) >= 11 is 11.0. The van der Waals surface area contributed by atoms with E-state index in [9.17, 15) is 4.39 Å². The predicted molar refractivity (Wildman–Crippen MR) is 81.8 cm³/mol. The van der Waals surface area contributed by atoms with Gasteiger partial charge in [-0.1, -0.05) is 23.8 Å². The lowest BCUT2D eigenvalue weighted by molar-refractivity contribution is 0.619. The number of rotatable bonds is 3. The summed E-state index contributed by atoms with van der Waals surface area (Å²) in [6, 6.07) is 10.0. The van der Waals surface area contributed by atoms with Crippen molar-refractivity contribution in [2.24, 2.45) is 5.73 Å². The number of nitrogens with two attached hydrogens (primary N) is 1. The van der Waals surface area contributed by atoms with Crippen molar-refractivity contribution < 1.29 is 4.39 Å². The number of thiocarbonyl (C=S) groups is 1. The Hall–Kier alpha value is -1.65. The Bertz CT molecular complexity index is 643. The first-order chi connectivity index (χ1) is 8.97. The van der Waals surface area contributed by atoms with E-state index in [-0.39, 0.29) is 5.82 Å². The average Bonchev–Trinajstić information content (AvgIpc) is 2.36. The summed E-state index contributed by atoms with van der Waals surface area (Å²) < 4.78 is 13.2. The Kier molecular flexibility index (Phi) is 4.02. The fourth-order valence-corrected chi connectivity index (χ4v) is 2.00. The molecule has 0 heterocycles. The molecule has 0 atom stereocenters. The van der Waals surface area contributed by atoms with Crippen LogP contribution in [0.1, 0.15) is 11.1 Å². The molecule has 98 valence electrons. The van der Waals surface area contributed by atoms with Gasteiger partial charge < -0.3 is 11.1 Å². The molecular weight excluding hydrogens is 283 g/mol. The third-order valence-corrected chi connectivity index (χ3v) is 3.24. The molecule has 0 amide bonds. The van der Waals surface area contributed by atoms with Gasteiger partial charge >= 0.3 is 0 Å². The Morgan fingerprint density at radius 3 is 2.58 bits per heavy atom. The third kappa shape index (κ3) is 3.22. The van der Waals surface area contributed by atoms with E-state index < -0.39 is 0 Å². The highest BCUT2D eigenvalue weighted by molar-refractivity contribution is 7.80. The minimum absolute atomic E-state index is 0.236. The first-order valence-electron chi connectivity index (χ1n) is 5.60. The molecule has 0 spiro atoms. The van der Waals surface area contributed by atoms with Gasteiger partial charge in [-0.3, -0.25) is 0 Å². The molecule has 0 fully saturated rings. The highest BCUT2D eigenvalue weighted by Gasteiger charge is 2.05. The average molecular weight is 295 g/mol. The van der Waals surface area contributed by atoms with Crippen molar-refractivity contribution in [2.45, 2.75) is 6.92 Å². The number of nitrogens with one attached hydrogen (secondary N) is 1. The maximum absolute atomic E-state index is 13.2. The van der Waals surface area contributed by atoms with Crippen LogP contribution in [0.3, 0.4) is 0 Å². The molecule has 0 aliphatic rings. The zero-order valence-corrected chi connectivity index (χ0v) is 11.8. The monoisotopic (exact) mass is 294 g/mol. The molecule has 0 bridgehead atoms. The van der Waals surface area contributed by atoms with Crippen molar-refractivity contribution in [3.63, 3.8) is 0 Å². The van der Waals surface area contributed by atoms with Crippen LogP contribution in [0.2, 0.25) is 5.02 Å². The van der Waals surface area contributed by atoms with Gasteiger partial charge in [-0.05, 0) is 48.9 Å². The second-order valence-electron chi connectivity index (χ2n) is 4.15. The maximum atomic E-state index is 13.2. The van der Waals surface area contributed by atoms with Crippen LogP contribution in [0.25, 0.3) is 0 Å². The second-order valence-corrected chi connectivity index (χ2v) is 4.99. The molecule has 0 saturated heterocycles. The minimum Gasteiger partial charge on any atom is -0.389 e. The van der Waals surface area contributed by atoms with Crippen LogP contribution in [-0.4, -0.2) is 4.99 Å². The second kappa shape index (κ2) is 5.55. The van der Waals surface area contributed by atoms with Crippen molar-refractivity contribution in [2.75, 3.05) is 5.32 Å². The highest BCUT2D eigenvalue weighted by atomic mass is 35.5. The Labute approximate surface area is 121 Å². The van der Waals surface area contributed by atoms with Gasteiger partial charge in [0.2, 0.25) is 0 Å². The molecule has 2 aromatic carbocycles. The lowest BCUT2D eigenvalue weighted by Gasteiger charge is -2.10. The largest absolute Gasteiger partial charge is 0.389 e. The summed E-state index contributed by atoms with van der Waals surface area (Å²) in [5, 5.41) is 3.63. The lowest BCUT2D eigenvalue weighted by Crippen LogP contribution is -2.09. The Morgan fingerprint density at radius 1 is 1.26 bits per heavy atom. The van der Waals surface area contributed by atoms with Crippen molar-refractivity contribution in [3.8, 4) is 0 Å². The maximum Gasteiger partial charge on any atom is 0.126 e. The Balaban J connectivity index is 2.28. The summed E-state index contributed by atoms with van der Waals surface area (Å²) in [6.45, 7) is 1.71. The van der Waals surface area contributed by atoms with E-state index in [0.717, 1.165) is 5.69 Å². The van der Waals surface area contributed by atoms with Gasteiger partial charge in [-0.25, -0.2) is 4.39 Å². The van der Waals surface area contributed by atoms with Crippen molar-refractivity contribution >= 4 is 40.2 Å². The first-order valence-corrected chi connectivity index (χ1v) is 6.38. The van der Waals surface area contributed by atoms with Crippen molar-refractivity contribution in [1.29, 1.82) is 0 Å². The van der Waals surface area contributed by atoms with Crippen molar-refractivity contribution in [1.82, 2.24) is 0 Å². The van der Waals surface area contributed by atoms with E-state index in [0.29, 0.717) is 26.8 Å². The molecule has 2 aromatic rings. The van der Waals surface area contributed by atoms with Crippen LogP contribution in [0, 0.1) is 12.7 Å². The summed E-state index contributed by atoms with van der Waals surface area (Å²) in [7, 11) is 0. The van der Waals surface area contributed by atoms with Crippen LogP contribution in [0.15, 0.2) is 36.4 Å². The predicted octanol–water partition coefficient (Wildman–Crippen LogP) is 4.17. The van der Waals surface area contributed by atoms with Crippen LogP contribution < -0.4 is 11.1 Å². The van der Waals surface area contributed by atoms with Crippen LogP contribution in [0.4, 0.5) is 15.8 Å². The zero-order valence-electron chi connectivity index (χ0n) is 10.2. The molecule has 0 radical (unpaired) electrons. The summed E-state index contributed by atoms with van der Waals surface area (Å²) in [5.41, 5.74) is 8.29. The van der Waals surface area contributed by atoms with Gasteiger partial charge in [0, 0.05) is 11.3 Å². The number of halogens is 2. The number of benzene rings is 2. The third-order valence-electron chi connectivity index (χ3n) is 2.69. The van der Waals surface area contributed by atoms with Gasteiger partial charge in [0.05, 0.1) is 10.7 Å². The molecule has 0 aliphatic carbocycles. The fraction of sp³-hybridized carbons (Fsp3) is 0.0714. The van der Waals surface area contributed by atoms with E-state index in [1.165, 1.54) is 6.07 Å².